The highest BCUT2D eigenvalue weighted by Gasteiger charge is 2.54. The lowest BCUT2D eigenvalue weighted by atomic mass is 9.61. The summed E-state index contributed by atoms with van der Waals surface area (Å²) < 4.78 is 6.01. The van der Waals surface area contributed by atoms with Crippen LogP contribution >= 0.6 is 0 Å². The minimum Gasteiger partial charge on any atom is -0.378 e. The summed E-state index contributed by atoms with van der Waals surface area (Å²) in [4.78, 5) is 0. The van der Waals surface area contributed by atoms with E-state index in [1.54, 1.807) is 0 Å². The molecule has 2 N–H and O–H groups in total. The lowest BCUT2D eigenvalue weighted by molar-refractivity contribution is -0.124. The van der Waals surface area contributed by atoms with Crippen LogP contribution in [-0.2, 0) is 4.74 Å². The molecule has 2 heteroatoms. The first-order valence-electron chi connectivity index (χ1n) is 6.67. The van der Waals surface area contributed by atoms with Crippen LogP contribution in [0.25, 0.3) is 0 Å². The van der Waals surface area contributed by atoms with Gasteiger partial charge in [0.15, 0.2) is 0 Å². The molecule has 0 aromatic carbocycles. The number of nitrogens with two attached hydrogens (primary N) is 1. The van der Waals surface area contributed by atoms with Gasteiger partial charge in [0.05, 0.1) is 6.10 Å². The molecule has 0 bridgehead atoms. The zero-order valence-corrected chi connectivity index (χ0v) is 10.0. The fraction of sp³-hybridized carbons (Fsp3) is 1.00. The van der Waals surface area contributed by atoms with E-state index in [0.29, 0.717) is 17.6 Å². The highest BCUT2D eigenvalue weighted by atomic mass is 16.5. The van der Waals surface area contributed by atoms with Gasteiger partial charge in [0.2, 0.25) is 0 Å². The second kappa shape index (κ2) is 4.84. The van der Waals surface area contributed by atoms with Crippen molar-refractivity contribution in [1.82, 2.24) is 0 Å². The molecule has 0 heterocycles. The smallest absolute Gasteiger partial charge is 0.0661 e. The Labute approximate surface area is 93.6 Å². The normalized spacial score (nSPS) is 33.2. The fourth-order valence-corrected chi connectivity index (χ4v) is 3.32. The average Bonchev–Trinajstić information content (AvgIpc) is 2.74. The van der Waals surface area contributed by atoms with Crippen molar-refractivity contribution in [2.45, 2.75) is 70.4 Å². The summed E-state index contributed by atoms with van der Waals surface area (Å²) in [6.45, 7) is 3.19. The van der Waals surface area contributed by atoms with Gasteiger partial charge in [-0.15, -0.1) is 0 Å². The molecule has 0 amide bonds. The predicted molar refractivity (Wildman–Crippen MR) is 62.8 cm³/mol. The number of rotatable bonds is 5. The van der Waals surface area contributed by atoms with Crippen molar-refractivity contribution < 1.29 is 4.74 Å². The van der Waals surface area contributed by atoms with Crippen LogP contribution in [0.2, 0.25) is 0 Å². The lowest BCUT2D eigenvalue weighted by Crippen LogP contribution is -2.60. The minimum atomic E-state index is 0.395. The highest BCUT2D eigenvalue weighted by molar-refractivity contribution is 5.08. The van der Waals surface area contributed by atoms with Crippen LogP contribution in [0.3, 0.4) is 0 Å². The second-order valence-corrected chi connectivity index (χ2v) is 5.35. The molecule has 0 aromatic rings. The van der Waals surface area contributed by atoms with Gasteiger partial charge in [-0.2, -0.15) is 0 Å². The van der Waals surface area contributed by atoms with E-state index in [0.717, 1.165) is 13.0 Å². The molecule has 2 fully saturated rings. The van der Waals surface area contributed by atoms with E-state index >= 15 is 0 Å². The quantitative estimate of drug-likeness (QED) is 0.710. The largest absolute Gasteiger partial charge is 0.378 e. The molecule has 0 saturated heterocycles. The minimum absolute atomic E-state index is 0.395. The van der Waals surface area contributed by atoms with Gasteiger partial charge in [-0.3, -0.25) is 0 Å². The van der Waals surface area contributed by atoms with Crippen LogP contribution in [0.1, 0.15) is 58.3 Å². The Balaban J connectivity index is 1.74. The predicted octanol–water partition coefficient (Wildman–Crippen LogP) is 2.85. The van der Waals surface area contributed by atoms with Gasteiger partial charge in [-0.1, -0.05) is 32.6 Å². The Morgan fingerprint density at radius 3 is 2.60 bits per heavy atom. The van der Waals surface area contributed by atoms with Gasteiger partial charge < -0.3 is 10.5 Å². The molecule has 88 valence electrons. The van der Waals surface area contributed by atoms with Crippen molar-refractivity contribution in [1.29, 1.82) is 0 Å². The number of ether oxygens (including phenoxy) is 1. The summed E-state index contributed by atoms with van der Waals surface area (Å²) >= 11 is 0. The van der Waals surface area contributed by atoms with Crippen molar-refractivity contribution in [3.8, 4) is 0 Å². The molecule has 2 saturated carbocycles. The monoisotopic (exact) mass is 211 g/mol. The molecule has 0 radical (unpaired) electrons. The molecular formula is C13H25NO. The van der Waals surface area contributed by atoms with Crippen LogP contribution < -0.4 is 5.73 Å². The average molecular weight is 211 g/mol. The first kappa shape index (κ1) is 11.4. The summed E-state index contributed by atoms with van der Waals surface area (Å²) in [6.07, 6.45) is 10.7. The number of hydrogen-bond donors (Lipinski definition) is 1. The molecule has 2 aliphatic rings. The molecule has 0 aliphatic heterocycles. The van der Waals surface area contributed by atoms with E-state index < -0.39 is 0 Å². The van der Waals surface area contributed by atoms with E-state index in [-0.39, 0.29) is 0 Å². The fourth-order valence-electron chi connectivity index (χ4n) is 3.32. The van der Waals surface area contributed by atoms with Crippen molar-refractivity contribution in [3.63, 3.8) is 0 Å². The Kier molecular flexibility index (Phi) is 3.68. The van der Waals surface area contributed by atoms with Crippen LogP contribution in [0.4, 0.5) is 0 Å². The standard InChI is InChI=1S/C13H25NO/c1-2-3-6-9-15-12-10-11(14)13(12)7-4-5-8-13/h11-12H,2-10,14H2,1H3. The highest BCUT2D eigenvalue weighted by Crippen LogP contribution is 2.53. The third-order valence-electron chi connectivity index (χ3n) is 4.45. The van der Waals surface area contributed by atoms with Gasteiger partial charge in [0.25, 0.3) is 0 Å². The summed E-state index contributed by atoms with van der Waals surface area (Å²) in [7, 11) is 0. The van der Waals surface area contributed by atoms with Gasteiger partial charge in [-0.05, 0) is 25.7 Å². The van der Waals surface area contributed by atoms with Gasteiger partial charge in [-0.25, -0.2) is 0 Å². The third kappa shape index (κ3) is 2.07. The molecule has 2 aliphatic carbocycles. The zero-order chi connectivity index (χ0) is 10.7. The molecule has 15 heavy (non-hydrogen) atoms. The topological polar surface area (TPSA) is 35.2 Å². The first-order valence-corrected chi connectivity index (χ1v) is 6.67. The first-order chi connectivity index (χ1) is 7.29. The van der Waals surface area contributed by atoms with E-state index in [2.05, 4.69) is 6.92 Å². The Hall–Kier alpha value is -0.0800. The molecule has 2 nitrogen and oxygen atoms in total. The Morgan fingerprint density at radius 1 is 1.27 bits per heavy atom. The molecule has 2 atom stereocenters. The third-order valence-corrected chi connectivity index (χ3v) is 4.45. The number of hydrogen-bond acceptors (Lipinski definition) is 2. The summed E-state index contributed by atoms with van der Waals surface area (Å²) in [6, 6.07) is 0.427. The van der Waals surface area contributed by atoms with Crippen molar-refractivity contribution >= 4 is 0 Å². The van der Waals surface area contributed by atoms with Crippen LogP contribution in [0, 0.1) is 5.41 Å². The zero-order valence-electron chi connectivity index (χ0n) is 10.0. The van der Waals surface area contributed by atoms with Crippen LogP contribution in [0.15, 0.2) is 0 Å². The van der Waals surface area contributed by atoms with Crippen LogP contribution in [-0.4, -0.2) is 18.8 Å². The molecule has 2 rings (SSSR count). The molecular weight excluding hydrogens is 186 g/mol. The van der Waals surface area contributed by atoms with E-state index in [9.17, 15) is 0 Å². The SMILES string of the molecule is CCCCCOC1CC(N)C12CCCC2. The van der Waals surface area contributed by atoms with Crippen molar-refractivity contribution in [3.05, 3.63) is 0 Å². The maximum absolute atomic E-state index is 6.16. The van der Waals surface area contributed by atoms with Crippen molar-refractivity contribution in [2.24, 2.45) is 11.1 Å². The van der Waals surface area contributed by atoms with Gasteiger partial charge >= 0.3 is 0 Å². The summed E-state index contributed by atoms with van der Waals surface area (Å²) in [5.74, 6) is 0. The Bertz CT molecular complexity index is 199. The summed E-state index contributed by atoms with van der Waals surface area (Å²) in [5, 5.41) is 0. The lowest BCUT2D eigenvalue weighted by Gasteiger charge is -2.52. The van der Waals surface area contributed by atoms with Crippen LogP contribution in [0.5, 0.6) is 0 Å². The molecule has 0 aromatic heterocycles. The maximum Gasteiger partial charge on any atom is 0.0661 e. The van der Waals surface area contributed by atoms with Gasteiger partial charge in [0, 0.05) is 18.1 Å². The molecule has 2 unspecified atom stereocenters. The Morgan fingerprint density at radius 2 is 2.00 bits per heavy atom. The summed E-state index contributed by atoms with van der Waals surface area (Å²) in [5.41, 5.74) is 6.55. The van der Waals surface area contributed by atoms with E-state index in [4.69, 9.17) is 10.5 Å². The second-order valence-electron chi connectivity index (χ2n) is 5.35. The van der Waals surface area contributed by atoms with Gasteiger partial charge in [0.1, 0.15) is 0 Å². The molecule has 1 spiro atoms. The number of unbranched alkanes of at least 4 members (excludes halogenated alkanes) is 2. The van der Waals surface area contributed by atoms with E-state index in [1.807, 2.05) is 0 Å². The maximum atomic E-state index is 6.16. The van der Waals surface area contributed by atoms with E-state index in [1.165, 1.54) is 44.9 Å². The van der Waals surface area contributed by atoms with Crippen molar-refractivity contribution in [2.75, 3.05) is 6.61 Å².